The van der Waals surface area contributed by atoms with E-state index in [4.69, 9.17) is 23.2 Å². The molecule has 0 aromatic heterocycles. The van der Waals surface area contributed by atoms with Gasteiger partial charge in [0.1, 0.15) is 0 Å². The first kappa shape index (κ1) is 18.4. The van der Waals surface area contributed by atoms with Crippen LogP contribution in [0.5, 0.6) is 0 Å². The molecule has 2 N–H and O–H groups in total. The number of nitrogens with one attached hydrogen (secondary N) is 2. The SMILES string of the molecule is CC(=O)c1cccc(NC(=O)C2CC2C(=O)Nc2cc(Cl)ccc2Cl)c1. The summed E-state index contributed by atoms with van der Waals surface area (Å²) >= 11 is 11.9. The summed E-state index contributed by atoms with van der Waals surface area (Å²) in [7, 11) is 0. The lowest BCUT2D eigenvalue weighted by Gasteiger charge is -2.08. The van der Waals surface area contributed by atoms with Crippen LogP contribution in [0.15, 0.2) is 42.5 Å². The molecule has 0 aliphatic heterocycles. The molecule has 0 heterocycles. The Labute approximate surface area is 160 Å². The molecule has 0 bridgehead atoms. The predicted molar refractivity (Wildman–Crippen MR) is 102 cm³/mol. The van der Waals surface area contributed by atoms with E-state index in [0.29, 0.717) is 33.4 Å². The normalized spacial score (nSPS) is 18.1. The van der Waals surface area contributed by atoms with Crippen LogP contribution >= 0.6 is 23.2 Å². The summed E-state index contributed by atoms with van der Waals surface area (Å²) in [5, 5.41) is 6.29. The minimum absolute atomic E-state index is 0.0804. The van der Waals surface area contributed by atoms with Gasteiger partial charge in [0, 0.05) is 16.3 Å². The number of anilines is 2. The van der Waals surface area contributed by atoms with Crippen LogP contribution in [0.2, 0.25) is 10.0 Å². The zero-order chi connectivity index (χ0) is 18.8. The summed E-state index contributed by atoms with van der Waals surface area (Å²) in [6.45, 7) is 1.46. The van der Waals surface area contributed by atoms with Crippen molar-refractivity contribution < 1.29 is 14.4 Å². The maximum Gasteiger partial charge on any atom is 0.228 e. The van der Waals surface area contributed by atoms with E-state index in [-0.39, 0.29) is 17.6 Å². The van der Waals surface area contributed by atoms with Crippen LogP contribution in [-0.2, 0) is 9.59 Å². The molecule has 134 valence electrons. The highest BCUT2D eigenvalue weighted by molar-refractivity contribution is 6.35. The van der Waals surface area contributed by atoms with Gasteiger partial charge in [0.15, 0.2) is 5.78 Å². The first-order valence-electron chi connectivity index (χ1n) is 8.03. The molecule has 2 aromatic carbocycles. The van der Waals surface area contributed by atoms with Gasteiger partial charge in [0.25, 0.3) is 0 Å². The monoisotopic (exact) mass is 390 g/mol. The summed E-state index contributed by atoms with van der Waals surface area (Å²) in [6.07, 6.45) is 0.461. The smallest absolute Gasteiger partial charge is 0.228 e. The Hall–Kier alpha value is -2.37. The van der Waals surface area contributed by atoms with Gasteiger partial charge in [-0.2, -0.15) is 0 Å². The molecule has 2 aromatic rings. The van der Waals surface area contributed by atoms with E-state index in [1.54, 1.807) is 42.5 Å². The van der Waals surface area contributed by atoms with Gasteiger partial charge in [-0.3, -0.25) is 14.4 Å². The number of hydrogen-bond acceptors (Lipinski definition) is 3. The zero-order valence-electron chi connectivity index (χ0n) is 13.9. The van der Waals surface area contributed by atoms with Crippen LogP contribution in [0.3, 0.4) is 0 Å². The molecule has 1 fully saturated rings. The number of rotatable bonds is 5. The van der Waals surface area contributed by atoms with Gasteiger partial charge >= 0.3 is 0 Å². The van der Waals surface area contributed by atoms with Gasteiger partial charge in [-0.05, 0) is 43.7 Å². The summed E-state index contributed by atoms with van der Waals surface area (Å²) in [6, 6.07) is 11.5. The first-order chi connectivity index (χ1) is 12.3. The van der Waals surface area contributed by atoms with Crippen molar-refractivity contribution >= 4 is 52.2 Å². The maximum atomic E-state index is 12.3. The highest BCUT2D eigenvalue weighted by atomic mass is 35.5. The molecule has 1 aliphatic carbocycles. The Kier molecular flexibility index (Phi) is 5.30. The standard InChI is InChI=1S/C19H16Cl2N2O3/c1-10(24)11-3-2-4-13(7-11)22-18(25)14-9-15(14)19(26)23-17-8-12(20)5-6-16(17)21/h2-8,14-15H,9H2,1H3,(H,22,25)(H,23,26). The average Bonchev–Trinajstić information content (AvgIpc) is 3.39. The van der Waals surface area contributed by atoms with E-state index in [0.717, 1.165) is 0 Å². The van der Waals surface area contributed by atoms with Gasteiger partial charge in [-0.1, -0.05) is 35.3 Å². The zero-order valence-corrected chi connectivity index (χ0v) is 15.4. The van der Waals surface area contributed by atoms with Crippen molar-refractivity contribution in [1.82, 2.24) is 0 Å². The molecule has 0 spiro atoms. The van der Waals surface area contributed by atoms with Crippen LogP contribution in [0, 0.1) is 11.8 Å². The Balaban J connectivity index is 1.60. The van der Waals surface area contributed by atoms with Crippen molar-refractivity contribution in [1.29, 1.82) is 0 Å². The molecular weight excluding hydrogens is 375 g/mol. The fourth-order valence-electron chi connectivity index (χ4n) is 2.64. The van der Waals surface area contributed by atoms with Crippen molar-refractivity contribution in [3.05, 3.63) is 58.1 Å². The molecule has 2 unspecified atom stereocenters. The quantitative estimate of drug-likeness (QED) is 0.742. The molecule has 2 amide bonds. The van der Waals surface area contributed by atoms with Crippen molar-refractivity contribution in [3.63, 3.8) is 0 Å². The van der Waals surface area contributed by atoms with Gasteiger partial charge in [0.05, 0.1) is 22.5 Å². The molecule has 0 radical (unpaired) electrons. The summed E-state index contributed by atoms with van der Waals surface area (Å²) in [5.74, 6) is -1.42. The second kappa shape index (κ2) is 7.48. The minimum Gasteiger partial charge on any atom is -0.326 e. The van der Waals surface area contributed by atoms with Crippen molar-refractivity contribution in [2.24, 2.45) is 11.8 Å². The van der Waals surface area contributed by atoms with Crippen molar-refractivity contribution in [2.45, 2.75) is 13.3 Å². The number of ketones is 1. The Bertz CT molecular complexity index is 898. The highest BCUT2D eigenvalue weighted by Gasteiger charge is 2.48. The number of Topliss-reactive ketones (excluding diaryl/α,β-unsaturated/α-hetero) is 1. The van der Waals surface area contributed by atoms with Crippen molar-refractivity contribution in [2.75, 3.05) is 10.6 Å². The molecule has 26 heavy (non-hydrogen) atoms. The van der Waals surface area contributed by atoms with Crippen LogP contribution < -0.4 is 10.6 Å². The Morgan fingerprint density at radius 2 is 1.65 bits per heavy atom. The van der Waals surface area contributed by atoms with Crippen LogP contribution in [0.1, 0.15) is 23.7 Å². The Morgan fingerprint density at radius 3 is 2.35 bits per heavy atom. The second-order valence-electron chi connectivity index (χ2n) is 6.19. The number of carbonyl (C=O) groups is 3. The number of hydrogen-bond donors (Lipinski definition) is 2. The molecule has 1 saturated carbocycles. The summed E-state index contributed by atoms with van der Waals surface area (Å²) in [5.41, 5.74) is 1.47. The van der Waals surface area contributed by atoms with Crippen LogP contribution in [-0.4, -0.2) is 17.6 Å². The largest absolute Gasteiger partial charge is 0.326 e. The minimum atomic E-state index is -0.416. The second-order valence-corrected chi connectivity index (χ2v) is 7.03. The topological polar surface area (TPSA) is 75.3 Å². The molecule has 5 nitrogen and oxygen atoms in total. The Morgan fingerprint density at radius 1 is 0.962 bits per heavy atom. The third-order valence-electron chi connectivity index (χ3n) is 4.19. The lowest BCUT2D eigenvalue weighted by molar-refractivity contribution is -0.122. The van der Waals surface area contributed by atoms with Gasteiger partial charge in [0.2, 0.25) is 11.8 Å². The molecule has 0 saturated heterocycles. The van der Waals surface area contributed by atoms with E-state index < -0.39 is 11.8 Å². The average molecular weight is 391 g/mol. The number of carbonyl (C=O) groups excluding carboxylic acids is 3. The molecular formula is C19H16Cl2N2O3. The first-order valence-corrected chi connectivity index (χ1v) is 8.78. The fourth-order valence-corrected chi connectivity index (χ4v) is 2.98. The van der Waals surface area contributed by atoms with Gasteiger partial charge in [-0.15, -0.1) is 0 Å². The third kappa shape index (κ3) is 4.23. The van der Waals surface area contributed by atoms with E-state index in [2.05, 4.69) is 10.6 Å². The van der Waals surface area contributed by atoms with Crippen LogP contribution in [0.25, 0.3) is 0 Å². The van der Waals surface area contributed by atoms with E-state index in [1.165, 1.54) is 6.92 Å². The van der Waals surface area contributed by atoms with Gasteiger partial charge < -0.3 is 10.6 Å². The highest BCUT2D eigenvalue weighted by Crippen LogP contribution is 2.41. The van der Waals surface area contributed by atoms with E-state index in [1.807, 2.05) is 0 Å². The lowest BCUT2D eigenvalue weighted by Crippen LogP contribution is -2.20. The van der Waals surface area contributed by atoms with E-state index in [9.17, 15) is 14.4 Å². The van der Waals surface area contributed by atoms with E-state index >= 15 is 0 Å². The summed E-state index contributed by atoms with van der Waals surface area (Å²) < 4.78 is 0. The third-order valence-corrected chi connectivity index (χ3v) is 4.75. The van der Waals surface area contributed by atoms with Gasteiger partial charge in [-0.25, -0.2) is 0 Å². The number of halogens is 2. The van der Waals surface area contributed by atoms with Crippen molar-refractivity contribution in [3.8, 4) is 0 Å². The number of amides is 2. The fraction of sp³-hybridized carbons (Fsp3) is 0.211. The number of benzene rings is 2. The molecule has 7 heteroatoms. The predicted octanol–water partition coefficient (Wildman–Crippen LogP) is 4.41. The summed E-state index contributed by atoms with van der Waals surface area (Å²) in [4.78, 5) is 36.0. The molecule has 3 rings (SSSR count). The lowest BCUT2D eigenvalue weighted by atomic mass is 10.1. The molecule has 2 atom stereocenters. The maximum absolute atomic E-state index is 12.3. The van der Waals surface area contributed by atoms with Crippen LogP contribution in [0.4, 0.5) is 11.4 Å². The molecule has 1 aliphatic rings.